The van der Waals surface area contributed by atoms with Crippen LogP contribution in [0.2, 0.25) is 0 Å². The van der Waals surface area contributed by atoms with Gasteiger partial charge in [0.05, 0.1) is 10.4 Å². The van der Waals surface area contributed by atoms with Crippen LogP contribution < -0.4 is 0 Å². The van der Waals surface area contributed by atoms with Crippen molar-refractivity contribution >= 4 is 10.4 Å². The van der Waals surface area contributed by atoms with Crippen LogP contribution in [0, 0.1) is 5.92 Å². The van der Waals surface area contributed by atoms with Gasteiger partial charge < -0.3 is 4.57 Å². The van der Waals surface area contributed by atoms with Gasteiger partial charge in [-0.2, -0.15) is 0 Å². The second-order valence-electron chi connectivity index (χ2n) is 2.99. The summed E-state index contributed by atoms with van der Waals surface area (Å²) < 4.78 is 2.36. The van der Waals surface area contributed by atoms with Crippen LogP contribution in [0.25, 0.3) is 0 Å². The van der Waals surface area contributed by atoms with E-state index in [4.69, 9.17) is 0 Å². The zero-order valence-electron chi connectivity index (χ0n) is 6.44. The van der Waals surface area contributed by atoms with Crippen LogP contribution in [-0.4, -0.2) is 28.6 Å². The number of rotatable bonds is 3. The molecule has 0 spiro atoms. The minimum absolute atomic E-state index is 0.867. The normalized spacial score (nSPS) is 11.6. The Morgan fingerprint density at radius 3 is 2.12 bits per heavy atom. The minimum atomic E-state index is 0.867. The summed E-state index contributed by atoms with van der Waals surface area (Å²) in [5, 5.41) is 0. The van der Waals surface area contributed by atoms with E-state index in [2.05, 4.69) is 25.5 Å². The molecule has 0 atom stereocenters. The summed E-state index contributed by atoms with van der Waals surface area (Å²) >= 11 is 0. The zero-order valence-corrected chi connectivity index (χ0v) is 8.44. The summed E-state index contributed by atoms with van der Waals surface area (Å²) in [6, 6.07) is 0. The minimum Gasteiger partial charge on any atom is -0.335 e. The smallest absolute Gasteiger partial charge is 0.0781 e. The predicted octanol–water partition coefficient (Wildman–Crippen LogP) is 0.245. The molecule has 0 unspecified atom stereocenters. The molecule has 0 aliphatic carbocycles. The standard InChI is InChI=1S/C6H17NSi/c1-6(2)4-5-7(3)8/h6H,4-5H2,1-3,8H3. The van der Waals surface area contributed by atoms with Crippen molar-refractivity contribution < 1.29 is 0 Å². The van der Waals surface area contributed by atoms with Crippen molar-refractivity contribution in [3.05, 3.63) is 0 Å². The second-order valence-corrected chi connectivity index (χ2v) is 4.51. The molecule has 0 aromatic heterocycles. The van der Waals surface area contributed by atoms with Crippen molar-refractivity contribution in [1.29, 1.82) is 0 Å². The molecule has 0 aliphatic heterocycles. The molecule has 0 rings (SSSR count). The Kier molecular flexibility index (Phi) is 4.19. The van der Waals surface area contributed by atoms with Crippen LogP contribution in [0.4, 0.5) is 0 Å². The Morgan fingerprint density at radius 1 is 1.50 bits per heavy atom. The lowest BCUT2D eigenvalue weighted by Crippen LogP contribution is -2.16. The van der Waals surface area contributed by atoms with Crippen LogP contribution in [0.1, 0.15) is 20.3 Å². The Hall–Kier alpha value is 0.177. The lowest BCUT2D eigenvalue weighted by Gasteiger charge is -2.10. The van der Waals surface area contributed by atoms with Crippen molar-refractivity contribution in [3.63, 3.8) is 0 Å². The van der Waals surface area contributed by atoms with Crippen LogP contribution >= 0.6 is 0 Å². The fourth-order valence-electron chi connectivity index (χ4n) is 0.516. The summed E-state index contributed by atoms with van der Waals surface area (Å²) in [4.78, 5) is 0. The van der Waals surface area contributed by atoms with E-state index in [1.54, 1.807) is 0 Å². The fraction of sp³-hybridized carbons (Fsp3) is 1.00. The first-order valence-electron chi connectivity index (χ1n) is 3.27. The monoisotopic (exact) mass is 131 g/mol. The average Bonchev–Trinajstić information content (AvgIpc) is 1.61. The molecule has 0 aromatic rings. The fourth-order valence-corrected chi connectivity index (χ4v) is 0.775. The Labute approximate surface area is 55.6 Å². The van der Waals surface area contributed by atoms with E-state index in [1.807, 2.05) is 0 Å². The highest BCUT2D eigenvalue weighted by atomic mass is 28.2. The molecule has 50 valence electrons. The maximum Gasteiger partial charge on any atom is 0.0781 e. The van der Waals surface area contributed by atoms with Gasteiger partial charge in [0.1, 0.15) is 0 Å². The van der Waals surface area contributed by atoms with Crippen molar-refractivity contribution in [3.8, 4) is 0 Å². The van der Waals surface area contributed by atoms with E-state index in [1.165, 1.54) is 23.4 Å². The molecular weight excluding hydrogens is 114 g/mol. The van der Waals surface area contributed by atoms with Crippen LogP contribution in [-0.2, 0) is 0 Å². The molecular formula is C6H17NSi. The first-order valence-corrected chi connectivity index (χ1v) is 4.17. The molecule has 0 fully saturated rings. The molecule has 0 saturated carbocycles. The van der Waals surface area contributed by atoms with Crippen LogP contribution in [0.15, 0.2) is 0 Å². The van der Waals surface area contributed by atoms with E-state index < -0.39 is 0 Å². The van der Waals surface area contributed by atoms with Gasteiger partial charge in [-0.05, 0) is 25.9 Å². The van der Waals surface area contributed by atoms with Crippen LogP contribution in [0.3, 0.4) is 0 Å². The van der Waals surface area contributed by atoms with E-state index in [0.717, 1.165) is 5.92 Å². The molecule has 0 aromatic carbocycles. The summed E-state index contributed by atoms with van der Waals surface area (Å²) in [5.74, 6) is 0.867. The summed E-state index contributed by atoms with van der Waals surface area (Å²) in [5.41, 5.74) is 0. The summed E-state index contributed by atoms with van der Waals surface area (Å²) in [6.45, 7) is 5.82. The quantitative estimate of drug-likeness (QED) is 0.496. The van der Waals surface area contributed by atoms with Gasteiger partial charge in [0, 0.05) is 0 Å². The molecule has 8 heavy (non-hydrogen) atoms. The summed E-state index contributed by atoms with van der Waals surface area (Å²) in [7, 11) is 3.38. The first-order chi connectivity index (χ1) is 3.63. The Morgan fingerprint density at radius 2 is 2.00 bits per heavy atom. The zero-order chi connectivity index (χ0) is 6.57. The van der Waals surface area contributed by atoms with Gasteiger partial charge in [-0.25, -0.2) is 0 Å². The van der Waals surface area contributed by atoms with E-state index in [9.17, 15) is 0 Å². The van der Waals surface area contributed by atoms with Gasteiger partial charge in [0.15, 0.2) is 0 Å². The molecule has 0 radical (unpaired) electrons. The topological polar surface area (TPSA) is 3.24 Å². The summed E-state index contributed by atoms with van der Waals surface area (Å²) in [6.07, 6.45) is 1.35. The maximum atomic E-state index is 2.36. The van der Waals surface area contributed by atoms with Gasteiger partial charge in [0.25, 0.3) is 0 Å². The number of hydrogen-bond acceptors (Lipinski definition) is 1. The van der Waals surface area contributed by atoms with Crippen molar-refractivity contribution in [2.75, 3.05) is 13.6 Å². The first kappa shape index (κ1) is 8.18. The molecule has 0 saturated heterocycles. The lowest BCUT2D eigenvalue weighted by atomic mass is 10.1. The lowest BCUT2D eigenvalue weighted by molar-refractivity contribution is 0.461. The molecule has 0 amide bonds. The maximum absolute atomic E-state index is 2.36. The molecule has 2 heteroatoms. The van der Waals surface area contributed by atoms with Gasteiger partial charge in [-0.1, -0.05) is 13.8 Å². The van der Waals surface area contributed by atoms with Gasteiger partial charge in [0.2, 0.25) is 0 Å². The van der Waals surface area contributed by atoms with Gasteiger partial charge in [-0.3, -0.25) is 0 Å². The molecule has 1 nitrogen and oxygen atoms in total. The molecule has 0 bridgehead atoms. The predicted molar refractivity (Wildman–Crippen MR) is 42.0 cm³/mol. The highest BCUT2D eigenvalue weighted by molar-refractivity contribution is 6.04. The van der Waals surface area contributed by atoms with Crippen LogP contribution in [0.5, 0.6) is 0 Å². The average molecular weight is 131 g/mol. The van der Waals surface area contributed by atoms with Gasteiger partial charge in [-0.15, -0.1) is 0 Å². The highest BCUT2D eigenvalue weighted by Crippen LogP contribution is 1.97. The van der Waals surface area contributed by atoms with Crippen molar-refractivity contribution in [2.24, 2.45) is 5.92 Å². The van der Waals surface area contributed by atoms with Crippen molar-refractivity contribution in [1.82, 2.24) is 4.57 Å². The third kappa shape index (κ3) is 6.18. The molecule has 0 aliphatic rings. The second kappa shape index (κ2) is 4.10. The van der Waals surface area contributed by atoms with E-state index >= 15 is 0 Å². The number of nitrogens with zero attached hydrogens (tertiary/aromatic N) is 1. The Balaban J connectivity index is 2.93. The highest BCUT2D eigenvalue weighted by Gasteiger charge is 1.92. The molecule has 0 N–H and O–H groups in total. The third-order valence-corrected chi connectivity index (χ3v) is 1.60. The number of hydrogen-bond donors (Lipinski definition) is 0. The SMILES string of the molecule is CC(C)CCN(C)[SiH3]. The van der Waals surface area contributed by atoms with Gasteiger partial charge >= 0.3 is 0 Å². The Bertz CT molecular complexity index is 44.5. The largest absolute Gasteiger partial charge is 0.335 e. The third-order valence-electron chi connectivity index (χ3n) is 1.15. The van der Waals surface area contributed by atoms with Crippen molar-refractivity contribution in [2.45, 2.75) is 20.3 Å². The van der Waals surface area contributed by atoms with E-state index in [0.29, 0.717) is 0 Å². The van der Waals surface area contributed by atoms with E-state index in [-0.39, 0.29) is 0 Å². The molecule has 0 heterocycles.